The van der Waals surface area contributed by atoms with Crippen LogP contribution in [0.25, 0.3) is 0 Å². The number of aliphatic hydroxyl groups is 1. The summed E-state index contributed by atoms with van der Waals surface area (Å²) in [5.74, 6) is 1.08. The highest BCUT2D eigenvalue weighted by atomic mass is 16.3. The Bertz CT molecular complexity index is 203. The van der Waals surface area contributed by atoms with Gasteiger partial charge >= 0.3 is 0 Å². The van der Waals surface area contributed by atoms with Crippen molar-refractivity contribution >= 4 is 0 Å². The first kappa shape index (κ1) is 11.4. The van der Waals surface area contributed by atoms with Gasteiger partial charge in [0.05, 0.1) is 5.76 Å². The Hall–Kier alpha value is -0.720. The van der Waals surface area contributed by atoms with Gasteiger partial charge in [0.15, 0.2) is 0 Å². The number of hydrogen-bond donors (Lipinski definition) is 1. The van der Waals surface area contributed by atoms with E-state index >= 15 is 0 Å². The minimum atomic E-state index is 0.501. The van der Waals surface area contributed by atoms with Gasteiger partial charge < -0.3 is 5.11 Å². The molecule has 0 spiro atoms. The molecule has 1 atom stereocenters. The summed E-state index contributed by atoms with van der Waals surface area (Å²) in [5, 5.41) is 9.20. The van der Waals surface area contributed by atoms with E-state index in [1.165, 1.54) is 32.1 Å². The first-order chi connectivity index (χ1) is 6.83. The van der Waals surface area contributed by atoms with Crippen molar-refractivity contribution in [1.29, 1.82) is 0 Å². The Balaban J connectivity index is 2.03. The van der Waals surface area contributed by atoms with Gasteiger partial charge in [0, 0.05) is 6.42 Å². The normalized spacial score (nSPS) is 21.8. The van der Waals surface area contributed by atoms with E-state index in [0.29, 0.717) is 11.7 Å². The molecule has 0 bridgehead atoms. The second kappa shape index (κ2) is 6.69. The molecule has 0 fully saturated rings. The van der Waals surface area contributed by atoms with Crippen molar-refractivity contribution in [1.82, 2.24) is 0 Å². The molecule has 0 heterocycles. The van der Waals surface area contributed by atoms with Crippen LogP contribution in [0.2, 0.25) is 0 Å². The summed E-state index contributed by atoms with van der Waals surface area (Å²) in [4.78, 5) is 0. The molecule has 14 heavy (non-hydrogen) atoms. The van der Waals surface area contributed by atoms with E-state index in [2.05, 4.69) is 19.1 Å². The summed E-state index contributed by atoms with van der Waals surface area (Å²) in [5.41, 5.74) is 0. The largest absolute Gasteiger partial charge is 0.513 e. The molecule has 1 aliphatic carbocycles. The Labute approximate surface area is 87.5 Å². The SMILES string of the molecule is CCCCCC/C=C/[C@@H]1C=C(O)CC1. The molecular weight excluding hydrogens is 172 g/mol. The molecule has 0 saturated carbocycles. The van der Waals surface area contributed by atoms with E-state index in [-0.39, 0.29) is 0 Å². The van der Waals surface area contributed by atoms with E-state index in [4.69, 9.17) is 0 Å². The highest BCUT2D eigenvalue weighted by molar-refractivity contribution is 5.10. The lowest BCUT2D eigenvalue weighted by molar-refractivity contribution is 0.397. The van der Waals surface area contributed by atoms with Gasteiger partial charge in [-0.2, -0.15) is 0 Å². The highest BCUT2D eigenvalue weighted by Gasteiger charge is 2.10. The predicted molar refractivity (Wildman–Crippen MR) is 61.3 cm³/mol. The van der Waals surface area contributed by atoms with Crippen molar-refractivity contribution in [2.24, 2.45) is 5.92 Å². The van der Waals surface area contributed by atoms with Gasteiger partial charge in [0.2, 0.25) is 0 Å². The molecule has 0 aromatic heterocycles. The standard InChI is InChI=1S/C13H22O/c1-2-3-4-5-6-7-8-12-9-10-13(14)11-12/h7-8,11-12,14H,2-6,9-10H2,1H3/b8-7+/t12-/m0/s1. The van der Waals surface area contributed by atoms with Gasteiger partial charge in [-0.05, 0) is 31.3 Å². The summed E-state index contributed by atoms with van der Waals surface area (Å²) < 4.78 is 0. The van der Waals surface area contributed by atoms with Crippen molar-refractivity contribution in [3.05, 3.63) is 24.0 Å². The molecule has 1 nitrogen and oxygen atoms in total. The van der Waals surface area contributed by atoms with Crippen LogP contribution in [0.15, 0.2) is 24.0 Å². The average Bonchev–Trinajstić information content (AvgIpc) is 2.58. The first-order valence-electron chi connectivity index (χ1n) is 5.89. The van der Waals surface area contributed by atoms with Crippen LogP contribution in [0.5, 0.6) is 0 Å². The third-order valence-corrected chi connectivity index (χ3v) is 2.75. The van der Waals surface area contributed by atoms with Gasteiger partial charge in [-0.25, -0.2) is 0 Å². The maximum absolute atomic E-state index is 9.20. The molecule has 0 unspecified atom stereocenters. The number of aliphatic hydroxyl groups excluding tert-OH is 1. The van der Waals surface area contributed by atoms with Crippen LogP contribution in [0.4, 0.5) is 0 Å². The molecule has 0 radical (unpaired) electrons. The van der Waals surface area contributed by atoms with Gasteiger partial charge in [0.1, 0.15) is 0 Å². The van der Waals surface area contributed by atoms with Crippen molar-refractivity contribution in [3.8, 4) is 0 Å². The van der Waals surface area contributed by atoms with E-state index in [1.54, 1.807) is 0 Å². The molecule has 1 heteroatoms. The summed E-state index contributed by atoms with van der Waals surface area (Å²) in [6.45, 7) is 2.24. The van der Waals surface area contributed by atoms with Crippen LogP contribution in [-0.4, -0.2) is 5.11 Å². The zero-order valence-corrected chi connectivity index (χ0v) is 9.21. The fraction of sp³-hybridized carbons (Fsp3) is 0.692. The maximum Gasteiger partial charge on any atom is 0.0889 e. The quantitative estimate of drug-likeness (QED) is 0.492. The molecule has 0 amide bonds. The third-order valence-electron chi connectivity index (χ3n) is 2.75. The lowest BCUT2D eigenvalue weighted by Gasteiger charge is -1.98. The lowest BCUT2D eigenvalue weighted by atomic mass is 10.1. The van der Waals surface area contributed by atoms with Gasteiger partial charge in [-0.3, -0.25) is 0 Å². The molecule has 80 valence electrons. The molecule has 1 aliphatic rings. The smallest absolute Gasteiger partial charge is 0.0889 e. The fourth-order valence-electron chi connectivity index (χ4n) is 1.84. The molecule has 0 aliphatic heterocycles. The monoisotopic (exact) mass is 194 g/mol. The number of unbranched alkanes of at least 4 members (excludes halogenated alkanes) is 4. The summed E-state index contributed by atoms with van der Waals surface area (Å²) >= 11 is 0. The minimum absolute atomic E-state index is 0.501. The van der Waals surface area contributed by atoms with Crippen molar-refractivity contribution in [2.75, 3.05) is 0 Å². The van der Waals surface area contributed by atoms with E-state index in [0.717, 1.165) is 12.8 Å². The van der Waals surface area contributed by atoms with Gasteiger partial charge in [-0.1, -0.05) is 38.3 Å². The molecule has 0 aromatic rings. The van der Waals surface area contributed by atoms with Crippen molar-refractivity contribution < 1.29 is 5.11 Å². The Kier molecular flexibility index (Phi) is 5.43. The minimum Gasteiger partial charge on any atom is -0.513 e. The van der Waals surface area contributed by atoms with E-state index < -0.39 is 0 Å². The van der Waals surface area contributed by atoms with Crippen LogP contribution in [0.3, 0.4) is 0 Å². The van der Waals surface area contributed by atoms with E-state index in [9.17, 15) is 5.11 Å². The fourth-order valence-corrected chi connectivity index (χ4v) is 1.84. The lowest BCUT2D eigenvalue weighted by Crippen LogP contribution is -1.83. The summed E-state index contributed by atoms with van der Waals surface area (Å²) in [6.07, 6.45) is 15.0. The van der Waals surface area contributed by atoms with Crippen LogP contribution in [-0.2, 0) is 0 Å². The topological polar surface area (TPSA) is 20.2 Å². The molecule has 1 rings (SSSR count). The maximum atomic E-state index is 9.20. The molecule has 0 aromatic carbocycles. The van der Waals surface area contributed by atoms with Gasteiger partial charge in [0.25, 0.3) is 0 Å². The zero-order valence-electron chi connectivity index (χ0n) is 9.21. The Morgan fingerprint density at radius 1 is 1.43 bits per heavy atom. The number of rotatable bonds is 6. The molecule has 0 saturated heterocycles. The third kappa shape index (κ3) is 4.50. The average molecular weight is 194 g/mol. The van der Waals surface area contributed by atoms with Crippen LogP contribution in [0, 0.1) is 5.92 Å². The first-order valence-corrected chi connectivity index (χ1v) is 5.89. The number of allylic oxidation sites excluding steroid dienone is 4. The van der Waals surface area contributed by atoms with Crippen LogP contribution in [0.1, 0.15) is 51.9 Å². The second-order valence-electron chi connectivity index (χ2n) is 4.14. The van der Waals surface area contributed by atoms with Crippen molar-refractivity contribution in [3.63, 3.8) is 0 Å². The number of hydrogen-bond acceptors (Lipinski definition) is 1. The molecule has 1 N–H and O–H groups in total. The summed E-state index contributed by atoms with van der Waals surface area (Å²) in [6, 6.07) is 0. The molecular formula is C13H22O. The van der Waals surface area contributed by atoms with Gasteiger partial charge in [-0.15, -0.1) is 0 Å². The van der Waals surface area contributed by atoms with Crippen LogP contribution < -0.4 is 0 Å². The van der Waals surface area contributed by atoms with E-state index in [1.807, 2.05) is 6.08 Å². The predicted octanol–water partition coefficient (Wildman–Crippen LogP) is 4.36. The Morgan fingerprint density at radius 2 is 2.29 bits per heavy atom. The Morgan fingerprint density at radius 3 is 2.93 bits per heavy atom. The highest BCUT2D eigenvalue weighted by Crippen LogP contribution is 2.23. The second-order valence-corrected chi connectivity index (χ2v) is 4.14. The van der Waals surface area contributed by atoms with Crippen LogP contribution >= 0.6 is 0 Å². The zero-order chi connectivity index (χ0) is 10.2. The summed E-state index contributed by atoms with van der Waals surface area (Å²) in [7, 11) is 0. The van der Waals surface area contributed by atoms with Crippen molar-refractivity contribution in [2.45, 2.75) is 51.9 Å².